The third kappa shape index (κ3) is 3.84. The monoisotopic (exact) mass is 335 g/mol. The number of carbonyl (C=O) groups excluding carboxylic acids is 2. The number of anilines is 1. The lowest BCUT2D eigenvalue weighted by atomic mass is 10.1. The molecule has 0 saturated heterocycles. The fourth-order valence-electron chi connectivity index (χ4n) is 2.48. The SMILES string of the molecule is CC(=O)c1cccc(NC(=O)CSc2cccc3ccccc23)c1. The second-order valence-electron chi connectivity index (χ2n) is 5.45. The lowest BCUT2D eigenvalue weighted by molar-refractivity contribution is -0.113. The van der Waals surface area contributed by atoms with Gasteiger partial charge in [0.1, 0.15) is 0 Å². The average molecular weight is 335 g/mol. The first-order chi connectivity index (χ1) is 11.6. The minimum Gasteiger partial charge on any atom is -0.325 e. The van der Waals surface area contributed by atoms with Crippen LogP contribution >= 0.6 is 11.8 Å². The zero-order chi connectivity index (χ0) is 16.9. The van der Waals surface area contributed by atoms with Gasteiger partial charge in [-0.2, -0.15) is 0 Å². The Bertz CT molecular complexity index is 900. The first-order valence-corrected chi connectivity index (χ1v) is 8.63. The molecule has 0 aliphatic carbocycles. The van der Waals surface area contributed by atoms with Crippen molar-refractivity contribution in [3.05, 3.63) is 72.3 Å². The van der Waals surface area contributed by atoms with Crippen molar-refractivity contribution in [2.24, 2.45) is 0 Å². The predicted octanol–water partition coefficient (Wildman–Crippen LogP) is 4.77. The molecule has 0 aliphatic heterocycles. The van der Waals surface area contributed by atoms with Crippen molar-refractivity contribution in [2.75, 3.05) is 11.1 Å². The van der Waals surface area contributed by atoms with E-state index in [0.29, 0.717) is 17.0 Å². The van der Waals surface area contributed by atoms with E-state index in [4.69, 9.17) is 0 Å². The van der Waals surface area contributed by atoms with Gasteiger partial charge in [-0.15, -0.1) is 11.8 Å². The molecule has 0 fully saturated rings. The van der Waals surface area contributed by atoms with E-state index >= 15 is 0 Å². The van der Waals surface area contributed by atoms with Gasteiger partial charge in [-0.3, -0.25) is 9.59 Å². The smallest absolute Gasteiger partial charge is 0.234 e. The molecule has 0 aromatic heterocycles. The van der Waals surface area contributed by atoms with Gasteiger partial charge in [0.05, 0.1) is 5.75 Å². The summed E-state index contributed by atoms with van der Waals surface area (Å²) in [6, 6.07) is 21.2. The Labute approximate surface area is 145 Å². The van der Waals surface area contributed by atoms with Crippen LogP contribution in [0.15, 0.2) is 71.6 Å². The number of hydrogen-bond acceptors (Lipinski definition) is 3. The Hall–Kier alpha value is -2.59. The molecule has 0 heterocycles. The maximum Gasteiger partial charge on any atom is 0.234 e. The molecule has 1 N–H and O–H groups in total. The van der Waals surface area contributed by atoms with Crippen LogP contribution in [0.5, 0.6) is 0 Å². The number of Topliss-reactive ketones (excluding diaryl/α,β-unsaturated/α-hetero) is 1. The molecule has 120 valence electrons. The van der Waals surface area contributed by atoms with Gasteiger partial charge in [-0.1, -0.05) is 48.5 Å². The molecule has 0 spiro atoms. The third-order valence-corrected chi connectivity index (χ3v) is 4.73. The van der Waals surface area contributed by atoms with Crippen LogP contribution in [-0.2, 0) is 4.79 Å². The molecule has 1 amide bonds. The van der Waals surface area contributed by atoms with Crippen molar-refractivity contribution < 1.29 is 9.59 Å². The molecule has 0 aliphatic rings. The van der Waals surface area contributed by atoms with E-state index in [2.05, 4.69) is 23.5 Å². The highest BCUT2D eigenvalue weighted by atomic mass is 32.2. The molecule has 3 aromatic rings. The van der Waals surface area contributed by atoms with Gasteiger partial charge in [0.25, 0.3) is 0 Å². The van der Waals surface area contributed by atoms with Gasteiger partial charge < -0.3 is 5.32 Å². The largest absolute Gasteiger partial charge is 0.325 e. The quantitative estimate of drug-likeness (QED) is 0.539. The van der Waals surface area contributed by atoms with Crippen LogP contribution in [-0.4, -0.2) is 17.4 Å². The van der Waals surface area contributed by atoms with Crippen molar-refractivity contribution in [1.82, 2.24) is 0 Å². The van der Waals surface area contributed by atoms with Crippen LogP contribution in [0.2, 0.25) is 0 Å². The fourth-order valence-corrected chi connectivity index (χ4v) is 3.35. The van der Waals surface area contributed by atoms with Crippen LogP contribution in [0.1, 0.15) is 17.3 Å². The Morgan fingerprint density at radius 2 is 1.71 bits per heavy atom. The number of rotatable bonds is 5. The molecule has 0 radical (unpaired) electrons. The first-order valence-electron chi connectivity index (χ1n) is 7.65. The molecule has 4 heteroatoms. The van der Waals surface area contributed by atoms with Crippen LogP contribution in [0.4, 0.5) is 5.69 Å². The molecular formula is C20H17NO2S. The van der Waals surface area contributed by atoms with E-state index in [1.54, 1.807) is 24.3 Å². The van der Waals surface area contributed by atoms with Gasteiger partial charge in [0, 0.05) is 16.1 Å². The van der Waals surface area contributed by atoms with Crippen LogP contribution in [0, 0.1) is 0 Å². The number of carbonyl (C=O) groups is 2. The number of thioether (sulfide) groups is 1. The molecule has 0 unspecified atom stereocenters. The van der Waals surface area contributed by atoms with E-state index in [0.717, 1.165) is 15.7 Å². The zero-order valence-electron chi connectivity index (χ0n) is 13.3. The number of nitrogens with one attached hydrogen (secondary N) is 1. The molecule has 3 rings (SSSR count). The Kier molecular flexibility index (Phi) is 4.96. The Morgan fingerprint density at radius 1 is 0.958 bits per heavy atom. The number of ketones is 1. The second kappa shape index (κ2) is 7.32. The van der Waals surface area contributed by atoms with Crippen molar-refractivity contribution in [3.63, 3.8) is 0 Å². The van der Waals surface area contributed by atoms with Crippen LogP contribution < -0.4 is 5.32 Å². The maximum atomic E-state index is 12.2. The summed E-state index contributed by atoms with van der Waals surface area (Å²) >= 11 is 1.51. The van der Waals surface area contributed by atoms with Crippen molar-refractivity contribution in [1.29, 1.82) is 0 Å². The summed E-state index contributed by atoms with van der Waals surface area (Å²) in [4.78, 5) is 24.7. The summed E-state index contributed by atoms with van der Waals surface area (Å²) in [5, 5.41) is 5.16. The van der Waals surface area contributed by atoms with E-state index in [1.165, 1.54) is 18.7 Å². The van der Waals surface area contributed by atoms with Gasteiger partial charge in [-0.05, 0) is 35.9 Å². The highest BCUT2D eigenvalue weighted by molar-refractivity contribution is 8.00. The number of benzene rings is 3. The van der Waals surface area contributed by atoms with Crippen molar-refractivity contribution >= 4 is 39.9 Å². The second-order valence-corrected chi connectivity index (χ2v) is 6.47. The van der Waals surface area contributed by atoms with Crippen LogP contribution in [0.25, 0.3) is 10.8 Å². The van der Waals surface area contributed by atoms with Crippen molar-refractivity contribution in [3.8, 4) is 0 Å². The third-order valence-electron chi connectivity index (χ3n) is 3.66. The van der Waals surface area contributed by atoms with E-state index in [-0.39, 0.29) is 11.7 Å². The summed E-state index contributed by atoms with van der Waals surface area (Å²) in [5.74, 6) is 0.211. The summed E-state index contributed by atoms with van der Waals surface area (Å²) in [6.45, 7) is 1.51. The minimum absolute atomic E-state index is 0.0174. The van der Waals surface area contributed by atoms with Gasteiger partial charge in [0.15, 0.2) is 5.78 Å². The number of hydrogen-bond donors (Lipinski definition) is 1. The molecule has 3 aromatic carbocycles. The molecule has 3 nitrogen and oxygen atoms in total. The highest BCUT2D eigenvalue weighted by Gasteiger charge is 2.07. The van der Waals surface area contributed by atoms with Gasteiger partial charge in [-0.25, -0.2) is 0 Å². The predicted molar refractivity (Wildman–Crippen MR) is 99.7 cm³/mol. The van der Waals surface area contributed by atoms with E-state index in [9.17, 15) is 9.59 Å². The summed E-state index contributed by atoms with van der Waals surface area (Å²) < 4.78 is 0. The first kappa shape index (κ1) is 16.3. The summed E-state index contributed by atoms with van der Waals surface area (Å²) in [7, 11) is 0. The zero-order valence-corrected chi connectivity index (χ0v) is 14.1. The highest BCUT2D eigenvalue weighted by Crippen LogP contribution is 2.27. The van der Waals surface area contributed by atoms with E-state index < -0.39 is 0 Å². The maximum absolute atomic E-state index is 12.2. The molecule has 24 heavy (non-hydrogen) atoms. The minimum atomic E-state index is -0.0892. The van der Waals surface area contributed by atoms with Crippen LogP contribution in [0.3, 0.4) is 0 Å². The fraction of sp³-hybridized carbons (Fsp3) is 0.100. The standard InChI is InChI=1S/C20H17NO2S/c1-14(22)16-8-4-9-17(12-16)21-20(23)13-24-19-11-5-7-15-6-2-3-10-18(15)19/h2-12H,13H2,1H3,(H,21,23). The molecule has 0 saturated carbocycles. The lowest BCUT2D eigenvalue weighted by Crippen LogP contribution is -2.14. The Balaban J connectivity index is 1.67. The molecular weight excluding hydrogens is 318 g/mol. The number of fused-ring (bicyclic) bond motifs is 1. The number of amides is 1. The normalized spacial score (nSPS) is 10.5. The van der Waals surface area contributed by atoms with Crippen molar-refractivity contribution in [2.45, 2.75) is 11.8 Å². The summed E-state index contributed by atoms with van der Waals surface area (Å²) in [6.07, 6.45) is 0. The van der Waals surface area contributed by atoms with Gasteiger partial charge in [0.2, 0.25) is 5.91 Å². The molecule has 0 bridgehead atoms. The average Bonchev–Trinajstić information content (AvgIpc) is 2.60. The Morgan fingerprint density at radius 3 is 2.54 bits per heavy atom. The summed E-state index contributed by atoms with van der Waals surface area (Å²) in [5.41, 5.74) is 1.24. The lowest BCUT2D eigenvalue weighted by Gasteiger charge is -2.08. The van der Waals surface area contributed by atoms with E-state index in [1.807, 2.05) is 24.3 Å². The van der Waals surface area contributed by atoms with Gasteiger partial charge >= 0.3 is 0 Å². The molecule has 0 atom stereocenters. The topological polar surface area (TPSA) is 46.2 Å².